The number of hydrogen-bond donors (Lipinski definition) is 0. The Morgan fingerprint density at radius 2 is 2.06 bits per heavy atom. The summed E-state index contributed by atoms with van der Waals surface area (Å²) in [6, 6.07) is 5.91. The van der Waals surface area contributed by atoms with Crippen LogP contribution >= 0.6 is 0 Å². The SMILES string of the molecule is Cc1ccnn2c(-c3cccn3C)nnc12. The van der Waals surface area contributed by atoms with Crippen molar-refractivity contribution >= 4 is 5.65 Å². The van der Waals surface area contributed by atoms with Crippen LogP contribution in [0.4, 0.5) is 0 Å². The van der Waals surface area contributed by atoms with Crippen LogP contribution in [0, 0.1) is 6.92 Å². The van der Waals surface area contributed by atoms with Gasteiger partial charge in [0, 0.05) is 19.4 Å². The first-order valence-electron chi connectivity index (χ1n) is 5.06. The maximum absolute atomic E-state index is 4.28. The Hall–Kier alpha value is -2.17. The molecule has 0 aliphatic carbocycles. The van der Waals surface area contributed by atoms with Crippen LogP contribution in [-0.2, 0) is 7.05 Å². The Kier molecular flexibility index (Phi) is 1.80. The van der Waals surface area contributed by atoms with E-state index >= 15 is 0 Å². The molecular weight excluding hydrogens is 202 g/mol. The molecule has 0 fully saturated rings. The predicted molar refractivity (Wildman–Crippen MR) is 59.9 cm³/mol. The molecule has 0 atom stereocenters. The number of fused-ring (bicyclic) bond motifs is 1. The van der Waals surface area contributed by atoms with Crippen molar-refractivity contribution in [3.8, 4) is 11.5 Å². The molecular formula is C11H11N5. The molecule has 0 aromatic carbocycles. The second-order valence-electron chi connectivity index (χ2n) is 3.78. The maximum Gasteiger partial charge on any atom is 0.201 e. The summed E-state index contributed by atoms with van der Waals surface area (Å²) in [5.41, 5.74) is 2.88. The highest BCUT2D eigenvalue weighted by Crippen LogP contribution is 2.18. The zero-order valence-corrected chi connectivity index (χ0v) is 9.12. The highest BCUT2D eigenvalue weighted by atomic mass is 15.4. The smallest absolute Gasteiger partial charge is 0.201 e. The average molecular weight is 213 g/mol. The summed E-state index contributed by atoms with van der Waals surface area (Å²) in [7, 11) is 1.98. The normalized spacial score (nSPS) is 11.1. The Bertz CT molecular complexity index is 649. The number of aromatic nitrogens is 5. The van der Waals surface area contributed by atoms with E-state index in [0.29, 0.717) is 0 Å². The Labute approximate surface area is 92.4 Å². The summed E-state index contributed by atoms with van der Waals surface area (Å²) < 4.78 is 3.77. The van der Waals surface area contributed by atoms with Gasteiger partial charge in [0.2, 0.25) is 5.82 Å². The standard InChI is InChI=1S/C11H11N5/c1-8-5-6-12-16-10(8)13-14-11(16)9-4-3-7-15(9)2/h3-7H,1-2H3. The molecule has 3 heterocycles. The van der Waals surface area contributed by atoms with Crippen molar-refractivity contribution in [2.24, 2.45) is 7.05 Å². The summed E-state index contributed by atoms with van der Waals surface area (Å²) >= 11 is 0. The van der Waals surface area contributed by atoms with Gasteiger partial charge in [-0.3, -0.25) is 0 Å². The van der Waals surface area contributed by atoms with Crippen LogP contribution in [0.1, 0.15) is 5.56 Å². The highest BCUT2D eigenvalue weighted by molar-refractivity contribution is 5.57. The van der Waals surface area contributed by atoms with Crippen LogP contribution in [0.2, 0.25) is 0 Å². The molecule has 0 bridgehead atoms. The van der Waals surface area contributed by atoms with Crippen molar-refractivity contribution in [3.05, 3.63) is 36.2 Å². The van der Waals surface area contributed by atoms with Crippen LogP contribution in [0.5, 0.6) is 0 Å². The van der Waals surface area contributed by atoms with E-state index < -0.39 is 0 Å². The van der Waals surface area contributed by atoms with Gasteiger partial charge in [-0.05, 0) is 30.7 Å². The van der Waals surface area contributed by atoms with Crippen LogP contribution < -0.4 is 0 Å². The summed E-state index contributed by atoms with van der Waals surface area (Å²) in [5, 5.41) is 12.6. The number of rotatable bonds is 1. The monoisotopic (exact) mass is 213 g/mol. The lowest BCUT2D eigenvalue weighted by Crippen LogP contribution is -1.98. The van der Waals surface area contributed by atoms with Gasteiger partial charge in [-0.25, -0.2) is 0 Å². The summed E-state index contributed by atoms with van der Waals surface area (Å²) in [5.74, 6) is 0.770. The Morgan fingerprint density at radius 3 is 2.81 bits per heavy atom. The van der Waals surface area contributed by atoms with Crippen LogP contribution in [0.3, 0.4) is 0 Å². The van der Waals surface area contributed by atoms with Crippen LogP contribution in [0.15, 0.2) is 30.6 Å². The molecule has 0 unspecified atom stereocenters. The fourth-order valence-corrected chi connectivity index (χ4v) is 1.77. The first kappa shape index (κ1) is 9.08. The molecule has 0 amide bonds. The van der Waals surface area contributed by atoms with Gasteiger partial charge in [0.1, 0.15) is 0 Å². The zero-order valence-electron chi connectivity index (χ0n) is 9.12. The van der Waals surface area contributed by atoms with E-state index in [2.05, 4.69) is 15.3 Å². The average Bonchev–Trinajstić information content (AvgIpc) is 2.84. The molecule has 5 heteroatoms. The quantitative estimate of drug-likeness (QED) is 0.614. The van der Waals surface area contributed by atoms with Gasteiger partial charge < -0.3 is 4.57 Å². The molecule has 3 aromatic heterocycles. The molecule has 0 N–H and O–H groups in total. The van der Waals surface area contributed by atoms with Crippen molar-refractivity contribution in [1.82, 2.24) is 24.4 Å². The van der Waals surface area contributed by atoms with Gasteiger partial charge >= 0.3 is 0 Å². The molecule has 3 aromatic rings. The molecule has 0 spiro atoms. The van der Waals surface area contributed by atoms with E-state index in [-0.39, 0.29) is 0 Å². The topological polar surface area (TPSA) is 48.0 Å². The molecule has 16 heavy (non-hydrogen) atoms. The second-order valence-corrected chi connectivity index (χ2v) is 3.78. The third-order valence-corrected chi connectivity index (χ3v) is 2.67. The molecule has 3 rings (SSSR count). The van der Waals surface area contributed by atoms with Gasteiger partial charge in [-0.1, -0.05) is 0 Å². The van der Waals surface area contributed by atoms with Crippen molar-refractivity contribution in [3.63, 3.8) is 0 Å². The fourth-order valence-electron chi connectivity index (χ4n) is 1.77. The van der Waals surface area contributed by atoms with Crippen molar-refractivity contribution < 1.29 is 0 Å². The molecule has 0 saturated carbocycles. The summed E-state index contributed by atoms with van der Waals surface area (Å²) in [6.07, 6.45) is 3.74. The zero-order chi connectivity index (χ0) is 11.1. The molecule has 80 valence electrons. The lowest BCUT2D eigenvalue weighted by Gasteiger charge is -2.00. The fraction of sp³-hybridized carbons (Fsp3) is 0.182. The molecule has 0 aliphatic heterocycles. The van der Waals surface area contributed by atoms with Crippen molar-refractivity contribution in [1.29, 1.82) is 0 Å². The third kappa shape index (κ3) is 1.14. The van der Waals surface area contributed by atoms with Crippen LogP contribution in [0.25, 0.3) is 17.2 Å². The van der Waals surface area contributed by atoms with E-state index in [4.69, 9.17) is 0 Å². The Morgan fingerprint density at radius 1 is 1.19 bits per heavy atom. The number of aryl methyl sites for hydroxylation is 2. The lowest BCUT2D eigenvalue weighted by molar-refractivity contribution is 0.880. The second kappa shape index (κ2) is 3.16. The first-order chi connectivity index (χ1) is 7.77. The third-order valence-electron chi connectivity index (χ3n) is 2.67. The van der Waals surface area contributed by atoms with Gasteiger partial charge in [0.25, 0.3) is 0 Å². The van der Waals surface area contributed by atoms with Gasteiger partial charge in [0.15, 0.2) is 5.65 Å². The van der Waals surface area contributed by atoms with Crippen LogP contribution in [-0.4, -0.2) is 24.4 Å². The van der Waals surface area contributed by atoms with E-state index in [1.807, 2.05) is 42.9 Å². The minimum Gasteiger partial charge on any atom is -0.348 e. The first-order valence-corrected chi connectivity index (χ1v) is 5.06. The predicted octanol–water partition coefficient (Wildman–Crippen LogP) is 1.44. The van der Waals surface area contributed by atoms with Gasteiger partial charge in [0.05, 0.1) is 5.69 Å². The molecule has 0 aliphatic rings. The minimum atomic E-state index is 0.770. The van der Waals surface area contributed by atoms with Crippen molar-refractivity contribution in [2.75, 3.05) is 0 Å². The number of nitrogens with zero attached hydrogens (tertiary/aromatic N) is 5. The van der Waals surface area contributed by atoms with E-state index in [1.54, 1.807) is 10.7 Å². The lowest BCUT2D eigenvalue weighted by atomic mass is 10.3. The van der Waals surface area contributed by atoms with Crippen molar-refractivity contribution in [2.45, 2.75) is 6.92 Å². The molecule has 0 radical (unpaired) electrons. The maximum atomic E-state index is 4.28. The van der Waals surface area contributed by atoms with Gasteiger partial charge in [-0.15, -0.1) is 10.2 Å². The van der Waals surface area contributed by atoms with E-state index in [1.165, 1.54) is 0 Å². The molecule has 0 saturated heterocycles. The van der Waals surface area contributed by atoms with E-state index in [9.17, 15) is 0 Å². The van der Waals surface area contributed by atoms with Gasteiger partial charge in [-0.2, -0.15) is 9.61 Å². The molecule has 5 nitrogen and oxygen atoms in total. The Balaban J connectivity index is 2.34. The minimum absolute atomic E-state index is 0.770. The van der Waals surface area contributed by atoms with E-state index in [0.717, 1.165) is 22.7 Å². The largest absolute Gasteiger partial charge is 0.348 e. The highest BCUT2D eigenvalue weighted by Gasteiger charge is 2.12. The summed E-state index contributed by atoms with van der Waals surface area (Å²) in [4.78, 5) is 0. The number of hydrogen-bond acceptors (Lipinski definition) is 3. The summed E-state index contributed by atoms with van der Waals surface area (Å²) in [6.45, 7) is 2.00.